The summed E-state index contributed by atoms with van der Waals surface area (Å²) in [5.41, 5.74) is 1.25. The molecule has 0 radical (unpaired) electrons. The predicted octanol–water partition coefficient (Wildman–Crippen LogP) is 1.29. The molecular formula is C11H19N3. The highest BCUT2D eigenvalue weighted by Gasteiger charge is 2.19. The third-order valence-electron chi connectivity index (χ3n) is 2.51. The van der Waals surface area contributed by atoms with E-state index in [4.69, 9.17) is 0 Å². The van der Waals surface area contributed by atoms with Crippen molar-refractivity contribution in [2.45, 2.75) is 19.0 Å². The maximum Gasteiger partial charge on any atom is 0.0508 e. The van der Waals surface area contributed by atoms with Gasteiger partial charge in [0.15, 0.2) is 0 Å². The van der Waals surface area contributed by atoms with Crippen molar-refractivity contribution in [2.24, 2.45) is 0 Å². The fourth-order valence-electron chi connectivity index (χ4n) is 1.74. The molecule has 0 saturated heterocycles. The maximum atomic E-state index is 4.15. The quantitative estimate of drug-likeness (QED) is 0.781. The summed E-state index contributed by atoms with van der Waals surface area (Å²) >= 11 is 0. The van der Waals surface area contributed by atoms with Gasteiger partial charge >= 0.3 is 0 Å². The van der Waals surface area contributed by atoms with Gasteiger partial charge in [0.1, 0.15) is 0 Å². The van der Waals surface area contributed by atoms with Crippen LogP contribution in [0.25, 0.3) is 0 Å². The summed E-state index contributed by atoms with van der Waals surface area (Å²) in [7, 11) is 6.16. The van der Waals surface area contributed by atoms with Crippen LogP contribution in [0, 0.1) is 0 Å². The molecule has 3 nitrogen and oxygen atoms in total. The Labute approximate surface area is 86.2 Å². The summed E-state index contributed by atoms with van der Waals surface area (Å²) in [6, 6.07) is 4.88. The minimum absolute atomic E-state index is 0.369. The Morgan fingerprint density at radius 3 is 2.57 bits per heavy atom. The first-order valence-electron chi connectivity index (χ1n) is 4.90. The van der Waals surface area contributed by atoms with Crippen LogP contribution in [0.1, 0.15) is 18.5 Å². The van der Waals surface area contributed by atoms with E-state index in [0.717, 1.165) is 0 Å². The van der Waals surface area contributed by atoms with Crippen LogP contribution in [-0.4, -0.2) is 37.1 Å². The molecule has 0 unspecified atom stereocenters. The molecule has 0 aliphatic carbocycles. The van der Waals surface area contributed by atoms with E-state index in [1.54, 1.807) is 6.20 Å². The van der Waals surface area contributed by atoms with Crippen molar-refractivity contribution in [3.63, 3.8) is 0 Å². The molecule has 0 amide bonds. The summed E-state index contributed by atoms with van der Waals surface area (Å²) in [5.74, 6) is 0. The zero-order valence-corrected chi connectivity index (χ0v) is 9.36. The number of likely N-dealkylation sites (N-methyl/N-ethyl adjacent to an activating group) is 2. The van der Waals surface area contributed by atoms with Gasteiger partial charge < -0.3 is 10.2 Å². The molecule has 78 valence electrons. The Morgan fingerprint density at radius 2 is 2.14 bits per heavy atom. The molecule has 3 heteroatoms. The molecule has 0 aromatic carbocycles. The monoisotopic (exact) mass is 193 g/mol. The van der Waals surface area contributed by atoms with Crippen molar-refractivity contribution < 1.29 is 0 Å². The second-order valence-electron chi connectivity index (χ2n) is 3.77. The van der Waals surface area contributed by atoms with Crippen molar-refractivity contribution in [3.8, 4) is 0 Å². The highest BCUT2D eigenvalue weighted by atomic mass is 15.1. The van der Waals surface area contributed by atoms with E-state index >= 15 is 0 Å². The smallest absolute Gasteiger partial charge is 0.0508 e. The largest absolute Gasteiger partial charge is 0.315 e. The molecule has 1 heterocycles. The fourth-order valence-corrected chi connectivity index (χ4v) is 1.74. The van der Waals surface area contributed by atoms with Crippen LogP contribution in [0.15, 0.2) is 24.5 Å². The van der Waals surface area contributed by atoms with E-state index < -0.39 is 0 Å². The molecule has 1 aromatic rings. The van der Waals surface area contributed by atoms with E-state index in [-0.39, 0.29) is 0 Å². The number of aromatic nitrogens is 1. The summed E-state index contributed by atoms with van der Waals surface area (Å²) < 4.78 is 0. The van der Waals surface area contributed by atoms with E-state index in [1.165, 1.54) is 5.56 Å². The first-order valence-corrected chi connectivity index (χ1v) is 4.90. The van der Waals surface area contributed by atoms with Gasteiger partial charge in [-0.3, -0.25) is 4.98 Å². The Kier molecular flexibility index (Phi) is 4.04. The lowest BCUT2D eigenvalue weighted by Gasteiger charge is -2.29. The van der Waals surface area contributed by atoms with Crippen LogP contribution in [0.2, 0.25) is 0 Å². The number of nitrogens with one attached hydrogen (secondary N) is 1. The van der Waals surface area contributed by atoms with Crippen molar-refractivity contribution >= 4 is 0 Å². The van der Waals surface area contributed by atoms with Crippen LogP contribution in [0.4, 0.5) is 0 Å². The zero-order valence-electron chi connectivity index (χ0n) is 9.36. The third-order valence-corrected chi connectivity index (χ3v) is 2.51. The molecule has 0 fully saturated rings. The summed E-state index contributed by atoms with van der Waals surface area (Å²) in [6.07, 6.45) is 3.73. The van der Waals surface area contributed by atoms with Crippen LogP contribution in [0.5, 0.6) is 0 Å². The SMILES string of the molecule is CN[C@@H](C)[C@H](c1cccnc1)N(C)C. The van der Waals surface area contributed by atoms with Gasteiger partial charge in [0, 0.05) is 18.4 Å². The second-order valence-corrected chi connectivity index (χ2v) is 3.77. The van der Waals surface area contributed by atoms with E-state index in [9.17, 15) is 0 Å². The fraction of sp³-hybridized carbons (Fsp3) is 0.545. The van der Waals surface area contributed by atoms with Gasteiger partial charge in [0.25, 0.3) is 0 Å². The second kappa shape index (κ2) is 5.08. The van der Waals surface area contributed by atoms with Crippen molar-refractivity contribution in [3.05, 3.63) is 30.1 Å². The third kappa shape index (κ3) is 2.53. The van der Waals surface area contributed by atoms with Crippen molar-refractivity contribution in [1.82, 2.24) is 15.2 Å². The van der Waals surface area contributed by atoms with E-state index in [0.29, 0.717) is 12.1 Å². The van der Waals surface area contributed by atoms with Crippen LogP contribution in [0.3, 0.4) is 0 Å². The summed E-state index contributed by atoms with van der Waals surface area (Å²) in [4.78, 5) is 6.36. The lowest BCUT2D eigenvalue weighted by molar-refractivity contribution is 0.247. The highest BCUT2D eigenvalue weighted by Crippen LogP contribution is 2.20. The normalized spacial score (nSPS) is 15.5. The first-order chi connectivity index (χ1) is 6.66. The first kappa shape index (κ1) is 11.1. The lowest BCUT2D eigenvalue weighted by Crippen LogP contribution is -2.37. The highest BCUT2D eigenvalue weighted by molar-refractivity contribution is 5.15. The predicted molar refractivity (Wildman–Crippen MR) is 59.2 cm³/mol. The Hall–Kier alpha value is -0.930. The van der Waals surface area contributed by atoms with E-state index in [1.807, 2.05) is 19.3 Å². The molecule has 1 aromatic heterocycles. The number of hydrogen-bond donors (Lipinski definition) is 1. The average molecular weight is 193 g/mol. The molecule has 2 atom stereocenters. The topological polar surface area (TPSA) is 28.2 Å². The van der Waals surface area contributed by atoms with Crippen LogP contribution >= 0.6 is 0 Å². The molecule has 0 saturated carbocycles. The maximum absolute atomic E-state index is 4.15. The van der Waals surface area contributed by atoms with Crippen LogP contribution < -0.4 is 5.32 Å². The zero-order chi connectivity index (χ0) is 10.6. The molecule has 0 aliphatic heterocycles. The van der Waals surface area contributed by atoms with Crippen LogP contribution in [-0.2, 0) is 0 Å². The van der Waals surface area contributed by atoms with Crippen molar-refractivity contribution in [2.75, 3.05) is 21.1 Å². The minimum atomic E-state index is 0.369. The van der Waals surface area contributed by atoms with Gasteiger partial charge in [0.05, 0.1) is 6.04 Å². The molecule has 0 aliphatic rings. The number of hydrogen-bond acceptors (Lipinski definition) is 3. The Bertz CT molecular complexity index is 258. The van der Waals surface area contributed by atoms with Gasteiger partial charge in [-0.25, -0.2) is 0 Å². The number of rotatable bonds is 4. The van der Waals surface area contributed by atoms with Gasteiger partial charge in [-0.2, -0.15) is 0 Å². The Morgan fingerprint density at radius 1 is 1.43 bits per heavy atom. The summed E-state index contributed by atoms with van der Waals surface area (Å²) in [5, 5.41) is 3.28. The average Bonchev–Trinajstić information content (AvgIpc) is 2.19. The lowest BCUT2D eigenvalue weighted by atomic mass is 10.0. The van der Waals surface area contributed by atoms with E-state index in [2.05, 4.69) is 42.3 Å². The molecule has 0 bridgehead atoms. The number of nitrogens with zero attached hydrogens (tertiary/aromatic N) is 2. The van der Waals surface area contributed by atoms with Gasteiger partial charge in [-0.15, -0.1) is 0 Å². The molecule has 1 N–H and O–H groups in total. The van der Waals surface area contributed by atoms with Crippen molar-refractivity contribution in [1.29, 1.82) is 0 Å². The van der Waals surface area contributed by atoms with Gasteiger partial charge in [-0.1, -0.05) is 6.07 Å². The molecule has 0 spiro atoms. The molecular weight excluding hydrogens is 174 g/mol. The minimum Gasteiger partial charge on any atom is -0.315 e. The Balaban J connectivity index is 2.89. The standard InChI is InChI=1S/C11H19N3/c1-9(12-2)11(14(3)4)10-6-5-7-13-8-10/h5-9,11-12H,1-4H3/t9-,11+/m0/s1. The molecule has 14 heavy (non-hydrogen) atoms. The van der Waals surface area contributed by atoms with Gasteiger partial charge in [0.2, 0.25) is 0 Å². The number of pyridine rings is 1. The molecule has 1 rings (SSSR count). The summed E-state index contributed by atoms with van der Waals surface area (Å²) in [6.45, 7) is 2.18. The van der Waals surface area contributed by atoms with Gasteiger partial charge in [-0.05, 0) is 39.7 Å².